The zero-order valence-corrected chi connectivity index (χ0v) is 9.65. The standard InChI is InChI=1S/C10H12O2.C4H6/c1-3-4-8-5-6-9(11)10(7-8)12-2;1-3-4-2/h3,5-7,11H,1,4H2,2H3;3-4H,1-2H2. The summed E-state index contributed by atoms with van der Waals surface area (Å²) in [5.41, 5.74) is 1.08. The summed E-state index contributed by atoms with van der Waals surface area (Å²) in [6.07, 6.45) is 5.88. The van der Waals surface area contributed by atoms with Crippen molar-refractivity contribution in [3.8, 4) is 11.5 Å². The molecule has 0 aliphatic heterocycles. The molecule has 0 saturated heterocycles. The lowest BCUT2D eigenvalue weighted by Crippen LogP contribution is -1.86. The fraction of sp³-hybridized carbons (Fsp3) is 0.143. The summed E-state index contributed by atoms with van der Waals surface area (Å²) in [4.78, 5) is 0. The number of hydrogen-bond acceptors (Lipinski definition) is 2. The highest BCUT2D eigenvalue weighted by Crippen LogP contribution is 2.26. The Morgan fingerprint density at radius 2 is 1.88 bits per heavy atom. The van der Waals surface area contributed by atoms with Crippen molar-refractivity contribution >= 4 is 0 Å². The molecule has 1 N–H and O–H groups in total. The molecule has 0 unspecified atom stereocenters. The van der Waals surface area contributed by atoms with E-state index in [9.17, 15) is 5.11 Å². The summed E-state index contributed by atoms with van der Waals surface area (Å²) in [6.45, 7) is 10.4. The van der Waals surface area contributed by atoms with Gasteiger partial charge in [-0.15, -0.1) is 6.58 Å². The van der Waals surface area contributed by atoms with Crippen LogP contribution in [0.2, 0.25) is 0 Å². The van der Waals surface area contributed by atoms with Crippen LogP contribution in [-0.4, -0.2) is 12.2 Å². The maximum atomic E-state index is 9.25. The van der Waals surface area contributed by atoms with Crippen LogP contribution in [0, 0.1) is 0 Å². The number of rotatable bonds is 4. The van der Waals surface area contributed by atoms with E-state index in [4.69, 9.17) is 4.74 Å². The third-order valence-corrected chi connectivity index (χ3v) is 1.79. The van der Waals surface area contributed by atoms with Gasteiger partial charge in [0.15, 0.2) is 11.5 Å². The number of phenolic OH excluding ortho intramolecular Hbond substituents is 1. The Hall–Kier alpha value is -1.96. The van der Waals surface area contributed by atoms with E-state index in [2.05, 4.69) is 19.7 Å². The van der Waals surface area contributed by atoms with Crippen molar-refractivity contribution in [3.63, 3.8) is 0 Å². The van der Waals surface area contributed by atoms with Gasteiger partial charge in [0.2, 0.25) is 0 Å². The molecule has 1 aromatic carbocycles. The van der Waals surface area contributed by atoms with Crippen molar-refractivity contribution < 1.29 is 9.84 Å². The van der Waals surface area contributed by atoms with Gasteiger partial charge in [0.25, 0.3) is 0 Å². The van der Waals surface area contributed by atoms with Crippen molar-refractivity contribution in [2.24, 2.45) is 0 Å². The van der Waals surface area contributed by atoms with Crippen LogP contribution in [0.5, 0.6) is 11.5 Å². The Kier molecular flexibility index (Phi) is 7.33. The number of hydrogen-bond donors (Lipinski definition) is 1. The van der Waals surface area contributed by atoms with Gasteiger partial charge in [0, 0.05) is 0 Å². The second-order valence-corrected chi connectivity index (χ2v) is 2.97. The van der Waals surface area contributed by atoms with E-state index in [1.165, 1.54) is 7.11 Å². The molecule has 0 spiro atoms. The van der Waals surface area contributed by atoms with Crippen molar-refractivity contribution in [2.45, 2.75) is 6.42 Å². The average molecular weight is 218 g/mol. The summed E-state index contributed by atoms with van der Waals surface area (Å²) in [7, 11) is 1.53. The summed E-state index contributed by atoms with van der Waals surface area (Å²) in [6, 6.07) is 5.27. The first-order valence-corrected chi connectivity index (χ1v) is 4.89. The first-order chi connectivity index (χ1) is 7.69. The minimum absolute atomic E-state index is 0.172. The molecule has 0 aliphatic carbocycles. The molecule has 0 heterocycles. The maximum absolute atomic E-state index is 9.25. The number of allylic oxidation sites excluding steroid dienone is 3. The third kappa shape index (κ3) is 5.05. The van der Waals surface area contributed by atoms with Gasteiger partial charge in [-0.05, 0) is 24.1 Å². The first kappa shape index (κ1) is 14.0. The average Bonchev–Trinajstić information content (AvgIpc) is 2.32. The van der Waals surface area contributed by atoms with E-state index >= 15 is 0 Å². The molecule has 2 heteroatoms. The second-order valence-electron chi connectivity index (χ2n) is 2.97. The zero-order chi connectivity index (χ0) is 12.4. The minimum Gasteiger partial charge on any atom is -0.504 e. The molecule has 0 amide bonds. The molecule has 0 saturated carbocycles. The molecule has 16 heavy (non-hydrogen) atoms. The maximum Gasteiger partial charge on any atom is 0.160 e. The summed E-state index contributed by atoms with van der Waals surface area (Å²) in [5.74, 6) is 0.680. The Morgan fingerprint density at radius 3 is 2.31 bits per heavy atom. The van der Waals surface area contributed by atoms with Crippen LogP contribution >= 0.6 is 0 Å². The van der Waals surface area contributed by atoms with Crippen LogP contribution < -0.4 is 4.74 Å². The fourth-order valence-corrected chi connectivity index (χ4v) is 1.02. The van der Waals surface area contributed by atoms with E-state index in [0.29, 0.717) is 5.75 Å². The Bertz CT molecular complexity index is 348. The molecule has 0 aliphatic rings. The van der Waals surface area contributed by atoms with Gasteiger partial charge in [-0.25, -0.2) is 0 Å². The molecule has 86 valence electrons. The summed E-state index contributed by atoms with van der Waals surface area (Å²) in [5, 5.41) is 9.25. The minimum atomic E-state index is 0.172. The normalized spacial score (nSPS) is 8.31. The van der Waals surface area contributed by atoms with Crippen LogP contribution in [-0.2, 0) is 6.42 Å². The molecule has 0 radical (unpaired) electrons. The first-order valence-electron chi connectivity index (χ1n) is 4.89. The van der Waals surface area contributed by atoms with Crippen LogP contribution in [0.1, 0.15) is 5.56 Å². The molecule has 2 nitrogen and oxygen atoms in total. The van der Waals surface area contributed by atoms with Gasteiger partial charge >= 0.3 is 0 Å². The third-order valence-electron chi connectivity index (χ3n) is 1.79. The highest BCUT2D eigenvalue weighted by Gasteiger charge is 2.00. The SMILES string of the molecule is C=CC=C.C=CCc1ccc(O)c(OC)c1. The number of aromatic hydroxyl groups is 1. The molecule has 1 aromatic rings. The van der Waals surface area contributed by atoms with Crippen molar-refractivity contribution in [2.75, 3.05) is 7.11 Å². The molecule has 1 rings (SSSR count). The number of ether oxygens (including phenoxy) is 1. The van der Waals surface area contributed by atoms with Gasteiger partial charge in [-0.1, -0.05) is 37.5 Å². The highest BCUT2D eigenvalue weighted by molar-refractivity contribution is 5.42. The van der Waals surface area contributed by atoms with Crippen molar-refractivity contribution in [1.82, 2.24) is 0 Å². The van der Waals surface area contributed by atoms with Crippen LogP contribution in [0.4, 0.5) is 0 Å². The van der Waals surface area contributed by atoms with Crippen LogP contribution in [0.25, 0.3) is 0 Å². The second kappa shape index (κ2) is 8.36. The van der Waals surface area contributed by atoms with E-state index in [1.807, 2.05) is 12.1 Å². The smallest absolute Gasteiger partial charge is 0.160 e. The largest absolute Gasteiger partial charge is 0.504 e. The van der Waals surface area contributed by atoms with Gasteiger partial charge < -0.3 is 9.84 Å². The lowest BCUT2D eigenvalue weighted by atomic mass is 10.1. The lowest BCUT2D eigenvalue weighted by molar-refractivity contribution is 0.373. The Morgan fingerprint density at radius 1 is 1.25 bits per heavy atom. The predicted octanol–water partition coefficient (Wildman–Crippen LogP) is 3.49. The summed E-state index contributed by atoms with van der Waals surface area (Å²) < 4.78 is 4.95. The Labute approximate surface area is 97.2 Å². The van der Waals surface area contributed by atoms with Crippen LogP contribution in [0.15, 0.2) is 56.2 Å². The molecular weight excluding hydrogens is 200 g/mol. The number of phenols is 1. The zero-order valence-electron chi connectivity index (χ0n) is 9.65. The van der Waals surface area contributed by atoms with Gasteiger partial charge in [0.05, 0.1) is 7.11 Å². The molecule has 0 bridgehead atoms. The van der Waals surface area contributed by atoms with E-state index in [0.717, 1.165) is 12.0 Å². The van der Waals surface area contributed by atoms with E-state index in [1.54, 1.807) is 24.3 Å². The van der Waals surface area contributed by atoms with Crippen molar-refractivity contribution in [3.05, 3.63) is 61.7 Å². The fourth-order valence-electron chi connectivity index (χ4n) is 1.02. The predicted molar refractivity (Wildman–Crippen MR) is 69.0 cm³/mol. The number of benzene rings is 1. The van der Waals surface area contributed by atoms with Crippen LogP contribution in [0.3, 0.4) is 0 Å². The topological polar surface area (TPSA) is 29.5 Å². The molecule has 0 aromatic heterocycles. The van der Waals surface area contributed by atoms with Gasteiger partial charge in [-0.3, -0.25) is 0 Å². The van der Waals surface area contributed by atoms with E-state index in [-0.39, 0.29) is 5.75 Å². The van der Waals surface area contributed by atoms with Gasteiger partial charge in [0.1, 0.15) is 0 Å². The quantitative estimate of drug-likeness (QED) is 0.619. The summed E-state index contributed by atoms with van der Waals surface area (Å²) >= 11 is 0. The Balaban J connectivity index is 0.000000487. The molecular formula is C14H18O2. The monoisotopic (exact) mass is 218 g/mol. The number of methoxy groups -OCH3 is 1. The van der Waals surface area contributed by atoms with Gasteiger partial charge in [-0.2, -0.15) is 0 Å². The molecule has 0 atom stereocenters. The van der Waals surface area contributed by atoms with Crippen molar-refractivity contribution in [1.29, 1.82) is 0 Å². The lowest BCUT2D eigenvalue weighted by Gasteiger charge is -2.04. The van der Waals surface area contributed by atoms with E-state index < -0.39 is 0 Å². The highest BCUT2D eigenvalue weighted by atomic mass is 16.5. The molecule has 0 fully saturated rings.